The van der Waals surface area contributed by atoms with E-state index in [0.29, 0.717) is 17.7 Å². The summed E-state index contributed by atoms with van der Waals surface area (Å²) in [5.41, 5.74) is 3.29. The summed E-state index contributed by atoms with van der Waals surface area (Å²) in [5, 5.41) is 2.76. The largest absolute Gasteiger partial charge is 0.471 e. The molecule has 6 nitrogen and oxygen atoms in total. The Morgan fingerprint density at radius 1 is 1.12 bits per heavy atom. The number of carbonyl (C=O) groups is 1. The number of nitrogens with zero attached hydrogens (tertiary/aromatic N) is 3. The van der Waals surface area contributed by atoms with Gasteiger partial charge >= 0.3 is 12.1 Å². The lowest BCUT2D eigenvalue weighted by molar-refractivity contribution is -0.167. The molecule has 176 valence electrons. The fraction of sp³-hybridized carbons (Fsp3) is 0.417. The number of fused-ring (bicyclic) bond motifs is 1. The number of ether oxygens (including phenoxy) is 1. The number of carbonyl (C=O) groups excluding carboxylic acids is 1. The van der Waals surface area contributed by atoms with Gasteiger partial charge < -0.3 is 19.9 Å². The number of benzene rings is 1. The maximum Gasteiger partial charge on any atom is 0.471 e. The van der Waals surface area contributed by atoms with E-state index in [-0.39, 0.29) is 5.69 Å². The van der Waals surface area contributed by atoms with Crippen LogP contribution >= 0.6 is 0 Å². The molecule has 1 aliphatic heterocycles. The SMILES string of the molecule is COCc1cc(N2CCN(C3=CCCC=C3)CC2)nc2cc(NC(=O)C(F)(F)F)c(C)cc12. The number of aryl methyl sites for hydroxylation is 1. The number of hydrogen-bond acceptors (Lipinski definition) is 5. The second-order valence-corrected chi connectivity index (χ2v) is 8.29. The van der Waals surface area contributed by atoms with Crippen LogP contribution in [0.15, 0.2) is 42.1 Å². The first-order valence-electron chi connectivity index (χ1n) is 10.9. The summed E-state index contributed by atoms with van der Waals surface area (Å²) in [6.45, 7) is 5.27. The van der Waals surface area contributed by atoms with Crippen LogP contribution in [0.5, 0.6) is 0 Å². The molecule has 0 radical (unpaired) electrons. The highest BCUT2D eigenvalue weighted by atomic mass is 19.4. The molecular weight excluding hydrogens is 433 g/mol. The van der Waals surface area contributed by atoms with Gasteiger partial charge in [0.15, 0.2) is 0 Å². The number of nitrogens with one attached hydrogen (secondary N) is 1. The van der Waals surface area contributed by atoms with Crippen LogP contribution in [0, 0.1) is 6.92 Å². The van der Waals surface area contributed by atoms with Gasteiger partial charge in [-0.25, -0.2) is 4.98 Å². The zero-order valence-corrected chi connectivity index (χ0v) is 18.7. The number of amides is 1. The molecule has 2 heterocycles. The second kappa shape index (κ2) is 9.43. The van der Waals surface area contributed by atoms with Crippen LogP contribution in [0.4, 0.5) is 24.7 Å². The molecule has 0 atom stereocenters. The van der Waals surface area contributed by atoms with Crippen LogP contribution in [0.2, 0.25) is 0 Å². The van der Waals surface area contributed by atoms with Gasteiger partial charge in [0.05, 0.1) is 12.1 Å². The lowest BCUT2D eigenvalue weighted by Crippen LogP contribution is -2.46. The van der Waals surface area contributed by atoms with E-state index in [1.807, 2.05) is 11.4 Å². The number of anilines is 2. The average Bonchev–Trinajstić information content (AvgIpc) is 2.80. The number of halogens is 3. The number of pyridine rings is 1. The Balaban J connectivity index is 1.62. The third kappa shape index (κ3) is 5.13. The normalized spacial score (nSPS) is 16.8. The van der Waals surface area contributed by atoms with Crippen molar-refractivity contribution in [1.29, 1.82) is 0 Å². The predicted molar refractivity (Wildman–Crippen MR) is 122 cm³/mol. The van der Waals surface area contributed by atoms with Gasteiger partial charge in [-0.3, -0.25) is 4.79 Å². The van der Waals surface area contributed by atoms with Crippen LogP contribution in [0.25, 0.3) is 10.9 Å². The molecule has 1 amide bonds. The Hall–Kier alpha value is -3.07. The molecule has 0 unspecified atom stereocenters. The number of piperazine rings is 1. The van der Waals surface area contributed by atoms with E-state index >= 15 is 0 Å². The molecule has 1 saturated heterocycles. The molecule has 2 aromatic rings. The number of alkyl halides is 3. The second-order valence-electron chi connectivity index (χ2n) is 8.29. The predicted octanol–water partition coefficient (Wildman–Crippen LogP) is 4.55. The molecule has 9 heteroatoms. The summed E-state index contributed by atoms with van der Waals surface area (Å²) in [6.07, 6.45) is 3.81. The lowest BCUT2D eigenvalue weighted by Gasteiger charge is -2.38. The maximum absolute atomic E-state index is 12.8. The van der Waals surface area contributed by atoms with Crippen molar-refractivity contribution in [3.05, 3.63) is 53.3 Å². The average molecular weight is 461 g/mol. The summed E-state index contributed by atoms with van der Waals surface area (Å²) >= 11 is 0. The highest BCUT2D eigenvalue weighted by Crippen LogP contribution is 2.30. The van der Waals surface area contributed by atoms with Crippen LogP contribution in [-0.4, -0.2) is 55.3 Å². The number of allylic oxidation sites excluding steroid dienone is 3. The minimum absolute atomic E-state index is 0.0960. The third-order valence-corrected chi connectivity index (χ3v) is 5.98. The van der Waals surface area contributed by atoms with Gasteiger partial charge in [-0.05, 0) is 55.2 Å². The molecule has 4 rings (SSSR count). The molecule has 1 aliphatic carbocycles. The number of methoxy groups -OCH3 is 1. The van der Waals surface area contributed by atoms with Crippen molar-refractivity contribution in [1.82, 2.24) is 9.88 Å². The van der Waals surface area contributed by atoms with E-state index < -0.39 is 12.1 Å². The van der Waals surface area contributed by atoms with Gasteiger partial charge in [0, 0.05) is 50.1 Å². The fourth-order valence-electron chi connectivity index (χ4n) is 4.23. The van der Waals surface area contributed by atoms with E-state index in [4.69, 9.17) is 9.72 Å². The monoisotopic (exact) mass is 460 g/mol. The Kier molecular flexibility index (Phi) is 6.60. The summed E-state index contributed by atoms with van der Waals surface area (Å²) < 4.78 is 43.6. The number of rotatable bonds is 5. The van der Waals surface area contributed by atoms with Crippen LogP contribution in [0.1, 0.15) is 24.0 Å². The Morgan fingerprint density at radius 2 is 1.85 bits per heavy atom. The van der Waals surface area contributed by atoms with E-state index in [1.165, 1.54) is 11.8 Å². The van der Waals surface area contributed by atoms with E-state index in [9.17, 15) is 18.0 Å². The van der Waals surface area contributed by atoms with Crippen molar-refractivity contribution in [3.8, 4) is 0 Å². The van der Waals surface area contributed by atoms with Gasteiger partial charge in [-0.2, -0.15) is 13.2 Å². The van der Waals surface area contributed by atoms with E-state index in [0.717, 1.165) is 55.8 Å². The molecular formula is C24H27F3N4O2. The molecule has 0 spiro atoms. The number of hydrogen-bond donors (Lipinski definition) is 1. The minimum Gasteiger partial charge on any atom is -0.380 e. The van der Waals surface area contributed by atoms with Crippen LogP contribution in [0.3, 0.4) is 0 Å². The molecule has 1 aromatic carbocycles. The van der Waals surface area contributed by atoms with Crippen molar-refractivity contribution in [2.45, 2.75) is 32.5 Å². The summed E-state index contributed by atoms with van der Waals surface area (Å²) in [6, 6.07) is 5.23. The minimum atomic E-state index is -4.96. The molecule has 1 N–H and O–H groups in total. The highest BCUT2D eigenvalue weighted by molar-refractivity contribution is 5.98. The van der Waals surface area contributed by atoms with Crippen LogP contribution < -0.4 is 10.2 Å². The van der Waals surface area contributed by atoms with E-state index in [1.54, 1.807) is 20.1 Å². The van der Waals surface area contributed by atoms with Gasteiger partial charge in [-0.1, -0.05) is 12.2 Å². The van der Waals surface area contributed by atoms with Gasteiger partial charge in [-0.15, -0.1) is 0 Å². The zero-order chi connectivity index (χ0) is 23.6. The molecule has 1 aromatic heterocycles. The summed E-state index contributed by atoms with van der Waals surface area (Å²) in [5.74, 6) is -1.25. The molecule has 2 aliphatic rings. The van der Waals surface area contributed by atoms with Crippen molar-refractivity contribution in [2.24, 2.45) is 0 Å². The Bertz CT molecular complexity index is 1100. The molecule has 0 bridgehead atoms. The fourth-order valence-corrected chi connectivity index (χ4v) is 4.23. The number of aromatic nitrogens is 1. The van der Waals surface area contributed by atoms with Gasteiger partial charge in [0.25, 0.3) is 0 Å². The van der Waals surface area contributed by atoms with Crippen molar-refractivity contribution in [3.63, 3.8) is 0 Å². The molecule has 0 saturated carbocycles. The van der Waals surface area contributed by atoms with Crippen molar-refractivity contribution in [2.75, 3.05) is 43.5 Å². The highest BCUT2D eigenvalue weighted by Gasteiger charge is 2.39. The summed E-state index contributed by atoms with van der Waals surface area (Å²) in [7, 11) is 1.60. The van der Waals surface area contributed by atoms with Crippen molar-refractivity contribution < 1.29 is 22.7 Å². The quantitative estimate of drug-likeness (QED) is 0.710. The lowest BCUT2D eigenvalue weighted by atomic mass is 10.0. The topological polar surface area (TPSA) is 57.7 Å². The molecule has 1 fully saturated rings. The molecule has 33 heavy (non-hydrogen) atoms. The first kappa shape index (κ1) is 23.1. The first-order chi connectivity index (χ1) is 15.8. The zero-order valence-electron chi connectivity index (χ0n) is 18.7. The van der Waals surface area contributed by atoms with E-state index in [2.05, 4.69) is 28.0 Å². The van der Waals surface area contributed by atoms with Crippen molar-refractivity contribution >= 4 is 28.3 Å². The van der Waals surface area contributed by atoms with Crippen LogP contribution in [-0.2, 0) is 16.1 Å². The van der Waals surface area contributed by atoms with Gasteiger partial charge in [0.2, 0.25) is 0 Å². The third-order valence-electron chi connectivity index (χ3n) is 5.98. The maximum atomic E-state index is 12.8. The summed E-state index contributed by atoms with van der Waals surface area (Å²) in [4.78, 5) is 20.7. The Labute approximate surface area is 190 Å². The first-order valence-corrected chi connectivity index (χ1v) is 10.9. The smallest absolute Gasteiger partial charge is 0.380 e. The Morgan fingerprint density at radius 3 is 2.48 bits per heavy atom. The van der Waals surface area contributed by atoms with Gasteiger partial charge in [0.1, 0.15) is 5.82 Å². The standard InChI is InChI=1S/C24H27F3N4O2/c1-16-12-19-17(15-33-2)13-22(28-21(19)14-20(16)29-23(32)24(25,26)27)31-10-8-30(9-11-31)18-6-4-3-5-7-18/h4,6-7,12-14H,3,5,8-11,15H2,1-2H3,(H,29,32).